The van der Waals surface area contributed by atoms with Gasteiger partial charge in [-0.1, -0.05) is 19.4 Å². The van der Waals surface area contributed by atoms with E-state index < -0.39 is 5.60 Å². The zero-order valence-corrected chi connectivity index (χ0v) is 17.0. The number of fused-ring (bicyclic) bond motifs is 5. The molecule has 0 unspecified atom stereocenters. The van der Waals surface area contributed by atoms with E-state index >= 15 is 0 Å². The van der Waals surface area contributed by atoms with Crippen LogP contribution in [0.3, 0.4) is 0 Å². The molecule has 4 aliphatic carbocycles. The Morgan fingerprint density at radius 3 is 2.56 bits per heavy atom. The molecule has 4 nitrogen and oxygen atoms in total. The van der Waals surface area contributed by atoms with Crippen molar-refractivity contribution in [3.8, 4) is 0 Å². The lowest BCUT2D eigenvalue weighted by atomic mass is 9.47. The lowest BCUT2D eigenvalue weighted by Crippen LogP contribution is -2.59. The number of carbonyl (C=O) groups is 3. The van der Waals surface area contributed by atoms with Crippen molar-refractivity contribution in [2.45, 2.75) is 78.2 Å². The van der Waals surface area contributed by atoms with Crippen molar-refractivity contribution < 1.29 is 19.1 Å². The molecule has 0 aromatic carbocycles. The van der Waals surface area contributed by atoms with Crippen LogP contribution in [-0.4, -0.2) is 23.1 Å². The molecule has 0 aromatic rings. The number of ketones is 2. The molecular formula is C23H32O4. The van der Waals surface area contributed by atoms with Crippen LogP contribution in [0, 0.1) is 35.0 Å². The van der Waals surface area contributed by atoms with Crippen LogP contribution in [0.1, 0.15) is 72.6 Å². The van der Waals surface area contributed by atoms with Crippen molar-refractivity contribution in [2.24, 2.45) is 35.0 Å². The minimum Gasteiger partial charge on any atom is -0.451 e. The van der Waals surface area contributed by atoms with Crippen molar-refractivity contribution in [1.82, 2.24) is 0 Å². The molecule has 27 heavy (non-hydrogen) atoms. The molecule has 7 atom stereocenters. The van der Waals surface area contributed by atoms with Gasteiger partial charge in [0.1, 0.15) is 0 Å². The van der Waals surface area contributed by atoms with Crippen LogP contribution in [0.4, 0.5) is 0 Å². The number of Topliss-reactive ketones (excluding diaryl/α,β-unsaturated/α-hetero) is 1. The van der Waals surface area contributed by atoms with Gasteiger partial charge in [0.2, 0.25) is 0 Å². The maximum absolute atomic E-state index is 12.8. The number of ether oxygens (including phenoxy) is 1. The van der Waals surface area contributed by atoms with Gasteiger partial charge in [-0.05, 0) is 81.1 Å². The van der Waals surface area contributed by atoms with Crippen molar-refractivity contribution in [2.75, 3.05) is 0 Å². The number of hydrogen-bond acceptors (Lipinski definition) is 4. The highest BCUT2D eigenvalue weighted by Gasteiger charge is 2.67. The van der Waals surface area contributed by atoms with Crippen LogP contribution >= 0.6 is 0 Å². The number of esters is 1. The predicted molar refractivity (Wildman–Crippen MR) is 102 cm³/mol. The predicted octanol–water partition coefficient (Wildman–Crippen LogP) is 4.27. The standard InChI is InChI=1S/C23H32O4/c1-13-12-22(4)20(9-10-23(22,14(2)24)27-15(3)25)19-7-5-16-11-17(26)6-8-18(16)21(13)19/h11,13,18-21H,5-10,12H2,1-4H3/t13-,18-,19-,20-,21+,22+,23-/m0/s1. The minimum absolute atomic E-state index is 0.00741. The third-order valence-corrected chi connectivity index (χ3v) is 8.60. The summed E-state index contributed by atoms with van der Waals surface area (Å²) >= 11 is 0. The Hall–Kier alpha value is -1.45. The highest BCUT2D eigenvalue weighted by atomic mass is 16.6. The fourth-order valence-corrected chi connectivity index (χ4v) is 7.81. The smallest absolute Gasteiger partial charge is 0.303 e. The molecule has 148 valence electrons. The Labute approximate surface area is 162 Å². The zero-order valence-electron chi connectivity index (χ0n) is 17.0. The molecule has 4 heteroatoms. The molecule has 0 aromatic heterocycles. The lowest BCUT2D eigenvalue weighted by Gasteiger charge is -2.58. The number of hydrogen-bond donors (Lipinski definition) is 0. The van der Waals surface area contributed by atoms with Gasteiger partial charge in [-0.3, -0.25) is 14.4 Å². The fraction of sp³-hybridized carbons (Fsp3) is 0.783. The number of allylic oxidation sites excluding steroid dienone is 1. The summed E-state index contributed by atoms with van der Waals surface area (Å²) in [4.78, 5) is 36.6. The maximum atomic E-state index is 12.8. The minimum atomic E-state index is -0.957. The molecule has 0 spiro atoms. The van der Waals surface area contributed by atoms with Gasteiger partial charge in [-0.25, -0.2) is 0 Å². The SMILES string of the molecule is CC(=O)O[C@]1(C(C)=O)CC[C@H]2[C@@H]3CCC4=CC(=O)CC[C@@H]4[C@H]3[C@@H](C)C[C@]21C. The topological polar surface area (TPSA) is 60.4 Å². The summed E-state index contributed by atoms with van der Waals surface area (Å²) in [7, 11) is 0. The molecule has 3 saturated carbocycles. The van der Waals surface area contributed by atoms with Gasteiger partial charge in [0.15, 0.2) is 17.2 Å². The van der Waals surface area contributed by atoms with Crippen molar-refractivity contribution in [1.29, 1.82) is 0 Å². The van der Waals surface area contributed by atoms with Crippen molar-refractivity contribution in [3.05, 3.63) is 11.6 Å². The first-order chi connectivity index (χ1) is 12.7. The largest absolute Gasteiger partial charge is 0.451 e. The Morgan fingerprint density at radius 2 is 1.89 bits per heavy atom. The fourth-order valence-electron chi connectivity index (χ4n) is 7.81. The summed E-state index contributed by atoms with van der Waals surface area (Å²) in [5, 5.41) is 0. The van der Waals surface area contributed by atoms with Crippen LogP contribution in [-0.2, 0) is 19.1 Å². The molecule has 4 aliphatic rings. The summed E-state index contributed by atoms with van der Waals surface area (Å²) in [6.45, 7) is 7.54. The van der Waals surface area contributed by atoms with E-state index in [1.54, 1.807) is 6.92 Å². The molecule has 0 amide bonds. The van der Waals surface area contributed by atoms with Crippen LogP contribution < -0.4 is 0 Å². The molecule has 0 heterocycles. The summed E-state index contributed by atoms with van der Waals surface area (Å²) in [5.41, 5.74) is 0.136. The molecule has 3 fully saturated rings. The molecule has 4 rings (SSSR count). The zero-order chi connectivity index (χ0) is 19.6. The first kappa shape index (κ1) is 18.9. The monoisotopic (exact) mass is 372 g/mol. The van der Waals surface area contributed by atoms with E-state index in [1.807, 2.05) is 6.08 Å². The summed E-state index contributed by atoms with van der Waals surface area (Å²) < 4.78 is 5.84. The van der Waals surface area contributed by atoms with Gasteiger partial charge >= 0.3 is 5.97 Å². The highest BCUT2D eigenvalue weighted by Crippen LogP contribution is 2.67. The molecule has 0 radical (unpaired) electrons. The van der Waals surface area contributed by atoms with Gasteiger partial charge in [-0.15, -0.1) is 0 Å². The third kappa shape index (κ3) is 2.58. The van der Waals surface area contributed by atoms with Crippen LogP contribution in [0.25, 0.3) is 0 Å². The van der Waals surface area contributed by atoms with Crippen molar-refractivity contribution >= 4 is 17.5 Å². The van der Waals surface area contributed by atoms with E-state index in [1.165, 1.54) is 12.5 Å². The Kier molecular flexibility index (Phi) is 4.40. The van der Waals surface area contributed by atoms with Gasteiger partial charge < -0.3 is 4.74 Å². The molecule has 0 bridgehead atoms. The summed E-state index contributed by atoms with van der Waals surface area (Å²) in [5.74, 6) is 2.52. The second-order valence-electron chi connectivity index (χ2n) is 9.83. The van der Waals surface area contributed by atoms with Gasteiger partial charge in [-0.2, -0.15) is 0 Å². The van der Waals surface area contributed by atoms with Crippen LogP contribution in [0.5, 0.6) is 0 Å². The number of rotatable bonds is 2. The highest BCUT2D eigenvalue weighted by molar-refractivity contribution is 5.91. The third-order valence-electron chi connectivity index (χ3n) is 8.60. The lowest BCUT2D eigenvalue weighted by molar-refractivity contribution is -0.189. The van der Waals surface area contributed by atoms with E-state index in [2.05, 4.69) is 13.8 Å². The van der Waals surface area contributed by atoms with E-state index in [-0.39, 0.29) is 17.2 Å². The Balaban J connectivity index is 1.71. The molecule has 0 aliphatic heterocycles. The van der Waals surface area contributed by atoms with Crippen LogP contribution in [0.15, 0.2) is 11.6 Å². The van der Waals surface area contributed by atoms with E-state index in [0.29, 0.717) is 48.2 Å². The van der Waals surface area contributed by atoms with E-state index in [4.69, 9.17) is 4.74 Å². The summed E-state index contributed by atoms with van der Waals surface area (Å²) in [6, 6.07) is 0. The van der Waals surface area contributed by atoms with Gasteiger partial charge in [0, 0.05) is 18.8 Å². The maximum Gasteiger partial charge on any atom is 0.303 e. The average molecular weight is 373 g/mol. The second-order valence-corrected chi connectivity index (χ2v) is 9.83. The van der Waals surface area contributed by atoms with Gasteiger partial charge in [0.25, 0.3) is 0 Å². The average Bonchev–Trinajstić information content (AvgIpc) is 2.87. The van der Waals surface area contributed by atoms with Gasteiger partial charge in [0.05, 0.1) is 0 Å². The Bertz CT molecular complexity index is 722. The molecular weight excluding hydrogens is 340 g/mol. The van der Waals surface area contributed by atoms with E-state index in [0.717, 1.165) is 32.1 Å². The first-order valence-electron chi connectivity index (χ1n) is 10.6. The molecule has 0 saturated heterocycles. The summed E-state index contributed by atoms with van der Waals surface area (Å²) in [6.07, 6.45) is 8.24. The van der Waals surface area contributed by atoms with Crippen LogP contribution in [0.2, 0.25) is 0 Å². The quantitative estimate of drug-likeness (QED) is 0.679. The Morgan fingerprint density at radius 1 is 1.15 bits per heavy atom. The number of carbonyl (C=O) groups excluding carboxylic acids is 3. The second kappa shape index (κ2) is 6.28. The normalized spacial score (nSPS) is 46.0. The van der Waals surface area contributed by atoms with E-state index in [9.17, 15) is 14.4 Å². The van der Waals surface area contributed by atoms with Crippen molar-refractivity contribution in [3.63, 3.8) is 0 Å². The first-order valence-corrected chi connectivity index (χ1v) is 10.6. The molecule has 0 N–H and O–H groups in total.